The van der Waals surface area contributed by atoms with E-state index < -0.39 is 17.9 Å². The van der Waals surface area contributed by atoms with E-state index in [1.165, 1.54) is 4.90 Å². The molecule has 7 heteroatoms. The molecule has 128 valence electrons. The maximum Gasteiger partial charge on any atom is 0.255 e. The van der Waals surface area contributed by atoms with E-state index in [-0.39, 0.29) is 31.2 Å². The van der Waals surface area contributed by atoms with Crippen LogP contribution in [-0.2, 0) is 20.9 Å². The average Bonchev–Trinajstić information content (AvgIpc) is 2.89. The van der Waals surface area contributed by atoms with Crippen molar-refractivity contribution in [3.8, 4) is 11.8 Å². The molecule has 25 heavy (non-hydrogen) atoms. The highest BCUT2D eigenvalue weighted by Gasteiger charge is 2.39. The zero-order valence-electron chi connectivity index (χ0n) is 13.5. The molecule has 4 amide bonds. The summed E-state index contributed by atoms with van der Waals surface area (Å²) < 4.78 is 0. The Morgan fingerprint density at radius 1 is 1.32 bits per heavy atom. The van der Waals surface area contributed by atoms with Crippen molar-refractivity contribution in [2.24, 2.45) is 5.73 Å². The summed E-state index contributed by atoms with van der Waals surface area (Å²) in [4.78, 5) is 48.2. The van der Waals surface area contributed by atoms with Gasteiger partial charge in [-0.1, -0.05) is 17.9 Å². The summed E-state index contributed by atoms with van der Waals surface area (Å²) in [5.41, 5.74) is 7.07. The number of nitrogens with one attached hydrogen (secondary N) is 1. The van der Waals surface area contributed by atoms with Crippen molar-refractivity contribution in [1.82, 2.24) is 10.2 Å². The number of fused-ring (bicyclic) bond motifs is 1. The molecule has 0 spiro atoms. The van der Waals surface area contributed by atoms with Crippen LogP contribution in [0.25, 0.3) is 0 Å². The molecule has 3 rings (SSSR count). The number of hydrogen-bond acceptors (Lipinski definition) is 4. The molecule has 1 saturated heterocycles. The Labute approximate surface area is 144 Å². The normalized spacial score (nSPS) is 19.1. The van der Waals surface area contributed by atoms with E-state index in [1.807, 2.05) is 0 Å². The number of imide groups is 1. The van der Waals surface area contributed by atoms with E-state index >= 15 is 0 Å². The minimum atomic E-state index is -0.645. The lowest BCUT2D eigenvalue weighted by molar-refractivity contribution is -0.137. The van der Waals surface area contributed by atoms with Crippen molar-refractivity contribution in [3.05, 3.63) is 34.9 Å². The second-order valence-corrected chi connectivity index (χ2v) is 6.00. The Balaban J connectivity index is 1.81. The predicted molar refractivity (Wildman–Crippen MR) is 87.8 cm³/mol. The first kappa shape index (κ1) is 16.7. The number of hydrogen-bond donors (Lipinski definition) is 2. The van der Waals surface area contributed by atoms with Crippen molar-refractivity contribution >= 4 is 23.6 Å². The number of benzene rings is 1. The fourth-order valence-corrected chi connectivity index (χ4v) is 3.05. The highest BCUT2D eigenvalue weighted by molar-refractivity contribution is 6.05. The molecule has 1 unspecified atom stereocenters. The Kier molecular flexibility index (Phi) is 4.52. The second kappa shape index (κ2) is 6.77. The average molecular weight is 339 g/mol. The molecule has 2 aliphatic heterocycles. The van der Waals surface area contributed by atoms with Gasteiger partial charge in [0.1, 0.15) is 6.04 Å². The van der Waals surface area contributed by atoms with E-state index in [2.05, 4.69) is 17.2 Å². The van der Waals surface area contributed by atoms with Gasteiger partial charge in [0.05, 0.1) is 0 Å². The first-order valence-electron chi connectivity index (χ1n) is 8.01. The quantitative estimate of drug-likeness (QED) is 0.599. The molecule has 1 atom stereocenters. The number of carbonyl (C=O) groups excluding carboxylic acids is 4. The van der Waals surface area contributed by atoms with E-state index in [0.29, 0.717) is 24.0 Å². The van der Waals surface area contributed by atoms with Gasteiger partial charge in [0.2, 0.25) is 17.7 Å². The monoisotopic (exact) mass is 339 g/mol. The van der Waals surface area contributed by atoms with Gasteiger partial charge in [0.25, 0.3) is 5.91 Å². The molecular formula is C18H17N3O4. The second-order valence-electron chi connectivity index (χ2n) is 6.00. The van der Waals surface area contributed by atoms with Gasteiger partial charge in [0, 0.05) is 36.9 Å². The summed E-state index contributed by atoms with van der Waals surface area (Å²) in [6.07, 6.45) is 1.08. The van der Waals surface area contributed by atoms with Crippen LogP contribution in [0.4, 0.5) is 0 Å². The fraction of sp³-hybridized carbons (Fsp3) is 0.333. The zero-order chi connectivity index (χ0) is 18.0. The Bertz CT molecular complexity index is 834. The van der Waals surface area contributed by atoms with Crippen LogP contribution in [0.5, 0.6) is 0 Å². The molecule has 0 aromatic heterocycles. The van der Waals surface area contributed by atoms with Gasteiger partial charge in [-0.05, 0) is 24.1 Å². The summed E-state index contributed by atoms with van der Waals surface area (Å²) >= 11 is 0. The third-order valence-electron chi connectivity index (χ3n) is 4.30. The third kappa shape index (κ3) is 3.38. The molecule has 1 aromatic carbocycles. The van der Waals surface area contributed by atoms with Gasteiger partial charge in [-0.15, -0.1) is 0 Å². The molecule has 2 aliphatic rings. The minimum Gasteiger partial charge on any atom is -0.370 e. The summed E-state index contributed by atoms with van der Waals surface area (Å²) in [5.74, 6) is 4.46. The lowest BCUT2D eigenvalue weighted by atomic mass is 10.0. The molecule has 0 saturated carbocycles. The number of rotatable bonds is 3. The summed E-state index contributed by atoms with van der Waals surface area (Å²) in [6.45, 7) is 0.279. The summed E-state index contributed by atoms with van der Waals surface area (Å²) in [7, 11) is 0. The molecule has 2 heterocycles. The highest BCUT2D eigenvalue weighted by atomic mass is 16.2. The van der Waals surface area contributed by atoms with Gasteiger partial charge in [-0.2, -0.15) is 0 Å². The van der Waals surface area contributed by atoms with Crippen LogP contribution < -0.4 is 11.1 Å². The van der Waals surface area contributed by atoms with Crippen LogP contribution in [0, 0.1) is 11.8 Å². The number of nitrogens with zero attached hydrogens (tertiary/aromatic N) is 1. The molecule has 1 fully saturated rings. The van der Waals surface area contributed by atoms with E-state index in [1.54, 1.807) is 18.2 Å². The Hall–Kier alpha value is -3.14. The Morgan fingerprint density at radius 2 is 2.12 bits per heavy atom. The first-order valence-corrected chi connectivity index (χ1v) is 8.01. The smallest absolute Gasteiger partial charge is 0.255 e. The maximum atomic E-state index is 12.6. The number of amides is 4. The van der Waals surface area contributed by atoms with E-state index in [9.17, 15) is 19.2 Å². The molecule has 0 bridgehead atoms. The van der Waals surface area contributed by atoms with Crippen molar-refractivity contribution in [1.29, 1.82) is 0 Å². The number of piperidine rings is 1. The fourth-order valence-electron chi connectivity index (χ4n) is 3.05. The van der Waals surface area contributed by atoms with Crippen LogP contribution in [0.2, 0.25) is 0 Å². The standard InChI is InChI=1S/C18H17N3O4/c19-15(22)7-2-1-4-11-5-3-6-12-13(11)10-21(18(12)25)14-8-9-16(23)20-17(14)24/h3,5-6,14H,2,7-10H2,(H2,19,22)(H,20,23,24). The van der Waals surface area contributed by atoms with Crippen LogP contribution in [0.1, 0.15) is 47.2 Å². The van der Waals surface area contributed by atoms with Crippen LogP contribution in [0.3, 0.4) is 0 Å². The van der Waals surface area contributed by atoms with Crippen molar-refractivity contribution in [2.45, 2.75) is 38.3 Å². The lowest BCUT2D eigenvalue weighted by Gasteiger charge is -2.29. The summed E-state index contributed by atoms with van der Waals surface area (Å²) in [5, 5.41) is 2.28. The van der Waals surface area contributed by atoms with Gasteiger partial charge >= 0.3 is 0 Å². The third-order valence-corrected chi connectivity index (χ3v) is 4.30. The number of nitrogens with two attached hydrogens (primary N) is 1. The van der Waals surface area contributed by atoms with Crippen molar-refractivity contribution < 1.29 is 19.2 Å². The maximum absolute atomic E-state index is 12.6. The van der Waals surface area contributed by atoms with Gasteiger partial charge in [0.15, 0.2) is 0 Å². The van der Waals surface area contributed by atoms with Gasteiger partial charge in [-0.25, -0.2) is 0 Å². The Morgan fingerprint density at radius 3 is 2.84 bits per heavy atom. The number of carbonyl (C=O) groups is 4. The lowest BCUT2D eigenvalue weighted by Crippen LogP contribution is -2.52. The first-order chi connectivity index (χ1) is 12.0. The van der Waals surface area contributed by atoms with Gasteiger partial charge in [-0.3, -0.25) is 24.5 Å². The van der Waals surface area contributed by atoms with Crippen LogP contribution >= 0.6 is 0 Å². The molecule has 7 nitrogen and oxygen atoms in total. The molecule has 3 N–H and O–H groups in total. The van der Waals surface area contributed by atoms with E-state index in [0.717, 1.165) is 5.56 Å². The topological polar surface area (TPSA) is 110 Å². The SMILES string of the molecule is NC(=O)CCC#Cc1cccc2c1CN(C1CCC(=O)NC1=O)C2=O. The summed E-state index contributed by atoms with van der Waals surface area (Å²) in [6, 6.07) is 4.60. The minimum absolute atomic E-state index is 0.184. The molecular weight excluding hydrogens is 322 g/mol. The van der Waals surface area contributed by atoms with Crippen molar-refractivity contribution in [2.75, 3.05) is 0 Å². The predicted octanol–water partition coefficient (Wildman–Crippen LogP) is 0.0646. The molecule has 1 aromatic rings. The highest BCUT2D eigenvalue weighted by Crippen LogP contribution is 2.29. The van der Waals surface area contributed by atoms with E-state index in [4.69, 9.17) is 5.73 Å². The zero-order valence-corrected chi connectivity index (χ0v) is 13.5. The number of primary amides is 1. The van der Waals surface area contributed by atoms with Crippen LogP contribution in [-0.4, -0.2) is 34.6 Å². The van der Waals surface area contributed by atoms with Crippen LogP contribution in [0.15, 0.2) is 18.2 Å². The molecule has 0 radical (unpaired) electrons. The largest absolute Gasteiger partial charge is 0.370 e. The molecule has 0 aliphatic carbocycles. The van der Waals surface area contributed by atoms with Gasteiger partial charge < -0.3 is 10.6 Å². The van der Waals surface area contributed by atoms with Crippen molar-refractivity contribution in [3.63, 3.8) is 0 Å².